The Morgan fingerprint density at radius 2 is 1.76 bits per heavy atom. The first kappa shape index (κ1) is 18.6. The molecule has 0 saturated carbocycles. The van der Waals surface area contributed by atoms with Crippen LogP contribution in [0, 0.1) is 0 Å². The average molecular weight is 375 g/mol. The summed E-state index contributed by atoms with van der Waals surface area (Å²) < 4.78 is 71.9. The Bertz CT molecular complexity index is 881. The standard InChI is InChI=1S/C15H12F3NO5S/c1-23-14(20)12-7-2-3-8-13(12)19-25(21,22)11-6-4-5-10(9-11)24-15(16,17)18/h2-9,19H,1H3. The van der Waals surface area contributed by atoms with E-state index >= 15 is 0 Å². The summed E-state index contributed by atoms with van der Waals surface area (Å²) in [4.78, 5) is 11.2. The average Bonchev–Trinajstić information content (AvgIpc) is 2.53. The molecular weight excluding hydrogens is 363 g/mol. The van der Waals surface area contributed by atoms with E-state index in [0.717, 1.165) is 31.4 Å². The van der Waals surface area contributed by atoms with Crippen molar-refractivity contribution in [3.05, 3.63) is 54.1 Å². The van der Waals surface area contributed by atoms with Crippen molar-refractivity contribution >= 4 is 21.7 Å². The second kappa shape index (κ2) is 7.01. The summed E-state index contributed by atoms with van der Waals surface area (Å²) in [6.45, 7) is 0. The highest BCUT2D eigenvalue weighted by molar-refractivity contribution is 7.92. The molecule has 2 aromatic carbocycles. The van der Waals surface area contributed by atoms with E-state index < -0.39 is 33.0 Å². The molecule has 10 heteroatoms. The lowest BCUT2D eigenvalue weighted by atomic mass is 10.2. The Morgan fingerprint density at radius 1 is 1.08 bits per heavy atom. The zero-order valence-electron chi connectivity index (χ0n) is 12.7. The van der Waals surface area contributed by atoms with Crippen molar-refractivity contribution in [3.8, 4) is 5.75 Å². The summed E-state index contributed by atoms with van der Waals surface area (Å²) in [7, 11) is -3.13. The number of carbonyl (C=O) groups is 1. The summed E-state index contributed by atoms with van der Waals surface area (Å²) in [6.07, 6.45) is -4.95. The third kappa shape index (κ3) is 4.86. The zero-order valence-corrected chi connectivity index (χ0v) is 13.5. The Labute approximate surface area is 141 Å². The number of carbonyl (C=O) groups excluding carboxylic acids is 1. The Balaban J connectivity index is 2.35. The molecule has 0 spiro atoms. The topological polar surface area (TPSA) is 81.7 Å². The monoisotopic (exact) mass is 375 g/mol. The van der Waals surface area contributed by atoms with Gasteiger partial charge in [0.2, 0.25) is 0 Å². The fourth-order valence-corrected chi connectivity index (χ4v) is 3.02. The molecule has 0 aliphatic heterocycles. The molecule has 0 aromatic heterocycles. The fraction of sp³-hybridized carbons (Fsp3) is 0.133. The van der Waals surface area contributed by atoms with Crippen LogP contribution in [0.3, 0.4) is 0 Å². The van der Waals surface area contributed by atoms with Crippen molar-refractivity contribution in [1.82, 2.24) is 0 Å². The predicted molar refractivity (Wildman–Crippen MR) is 81.7 cm³/mol. The maximum Gasteiger partial charge on any atom is 0.573 e. The van der Waals surface area contributed by atoms with Crippen molar-refractivity contribution in [2.24, 2.45) is 0 Å². The summed E-state index contributed by atoms with van der Waals surface area (Å²) in [5.41, 5.74) is -0.118. The van der Waals surface area contributed by atoms with Crippen LogP contribution in [0.25, 0.3) is 0 Å². The highest BCUT2D eigenvalue weighted by Crippen LogP contribution is 2.26. The lowest BCUT2D eigenvalue weighted by molar-refractivity contribution is -0.274. The van der Waals surface area contributed by atoms with Crippen LogP contribution in [0.1, 0.15) is 10.4 Å². The maximum absolute atomic E-state index is 12.4. The van der Waals surface area contributed by atoms with Gasteiger partial charge in [0.15, 0.2) is 0 Å². The van der Waals surface area contributed by atoms with Gasteiger partial charge in [-0.05, 0) is 24.3 Å². The second-order valence-electron chi connectivity index (χ2n) is 4.67. The molecule has 0 fully saturated rings. The minimum absolute atomic E-state index is 0.0451. The molecule has 0 unspecified atom stereocenters. The number of ether oxygens (including phenoxy) is 2. The van der Waals surface area contributed by atoms with Gasteiger partial charge >= 0.3 is 12.3 Å². The van der Waals surface area contributed by atoms with E-state index in [1.54, 1.807) is 0 Å². The van der Waals surface area contributed by atoms with E-state index in [2.05, 4.69) is 14.2 Å². The highest BCUT2D eigenvalue weighted by atomic mass is 32.2. The Hall–Kier alpha value is -2.75. The van der Waals surface area contributed by atoms with Crippen molar-refractivity contribution < 1.29 is 35.9 Å². The molecule has 0 atom stereocenters. The van der Waals surface area contributed by atoms with Crippen molar-refractivity contribution in [2.75, 3.05) is 11.8 Å². The first-order valence-electron chi connectivity index (χ1n) is 6.68. The number of sulfonamides is 1. The maximum atomic E-state index is 12.4. The number of nitrogens with one attached hydrogen (secondary N) is 1. The SMILES string of the molecule is COC(=O)c1ccccc1NS(=O)(=O)c1cccc(OC(F)(F)F)c1. The largest absolute Gasteiger partial charge is 0.573 e. The van der Waals surface area contributed by atoms with E-state index in [-0.39, 0.29) is 11.3 Å². The van der Waals surface area contributed by atoms with Crippen LogP contribution in [0.2, 0.25) is 0 Å². The summed E-state index contributed by atoms with van der Waals surface area (Å²) in [5.74, 6) is -1.45. The normalized spacial score (nSPS) is 11.7. The van der Waals surface area contributed by atoms with Crippen LogP contribution in [-0.2, 0) is 14.8 Å². The van der Waals surface area contributed by atoms with E-state index in [0.29, 0.717) is 0 Å². The van der Waals surface area contributed by atoms with Crippen LogP contribution in [-0.4, -0.2) is 27.9 Å². The second-order valence-corrected chi connectivity index (χ2v) is 6.35. The fourth-order valence-electron chi connectivity index (χ4n) is 1.90. The molecule has 2 aromatic rings. The van der Waals surface area contributed by atoms with Gasteiger partial charge < -0.3 is 9.47 Å². The van der Waals surface area contributed by atoms with Crippen molar-refractivity contribution in [2.45, 2.75) is 11.3 Å². The number of hydrogen-bond donors (Lipinski definition) is 1. The molecule has 134 valence electrons. The lowest BCUT2D eigenvalue weighted by Crippen LogP contribution is -2.18. The third-order valence-electron chi connectivity index (χ3n) is 2.93. The molecule has 0 saturated heterocycles. The summed E-state index contributed by atoms with van der Waals surface area (Å²) in [6, 6.07) is 9.52. The molecule has 0 aliphatic rings. The minimum atomic E-state index is -4.95. The highest BCUT2D eigenvalue weighted by Gasteiger charge is 2.31. The molecule has 0 radical (unpaired) electrons. The number of alkyl halides is 3. The van der Waals surface area contributed by atoms with Gasteiger partial charge in [-0.15, -0.1) is 13.2 Å². The molecule has 0 aliphatic carbocycles. The van der Waals surface area contributed by atoms with E-state index in [1.165, 1.54) is 24.3 Å². The van der Waals surface area contributed by atoms with Gasteiger partial charge in [0.1, 0.15) is 5.75 Å². The quantitative estimate of drug-likeness (QED) is 0.812. The number of methoxy groups -OCH3 is 1. The van der Waals surface area contributed by atoms with E-state index in [9.17, 15) is 26.4 Å². The minimum Gasteiger partial charge on any atom is -0.465 e. The molecule has 2 rings (SSSR count). The number of hydrogen-bond acceptors (Lipinski definition) is 5. The third-order valence-corrected chi connectivity index (χ3v) is 4.29. The van der Waals surface area contributed by atoms with Crippen LogP contribution in [0.4, 0.5) is 18.9 Å². The molecule has 1 N–H and O–H groups in total. The number of para-hydroxylation sites is 1. The lowest BCUT2D eigenvalue weighted by Gasteiger charge is -2.13. The molecule has 0 heterocycles. The number of esters is 1. The molecule has 0 bridgehead atoms. The van der Waals surface area contributed by atoms with Gasteiger partial charge in [0.25, 0.3) is 10.0 Å². The first-order valence-corrected chi connectivity index (χ1v) is 8.17. The van der Waals surface area contributed by atoms with Crippen LogP contribution in [0.15, 0.2) is 53.4 Å². The number of anilines is 1. The molecule has 6 nitrogen and oxygen atoms in total. The van der Waals surface area contributed by atoms with Gasteiger partial charge in [-0.25, -0.2) is 13.2 Å². The smallest absolute Gasteiger partial charge is 0.465 e. The van der Waals surface area contributed by atoms with Gasteiger partial charge in [-0.2, -0.15) is 0 Å². The van der Waals surface area contributed by atoms with Gasteiger partial charge in [0.05, 0.1) is 23.3 Å². The van der Waals surface area contributed by atoms with Crippen molar-refractivity contribution in [3.63, 3.8) is 0 Å². The van der Waals surface area contributed by atoms with Gasteiger partial charge in [-0.3, -0.25) is 4.72 Å². The van der Waals surface area contributed by atoms with Crippen LogP contribution >= 0.6 is 0 Å². The number of benzene rings is 2. The number of rotatable bonds is 5. The first-order chi connectivity index (χ1) is 11.6. The molecule has 0 amide bonds. The molecular formula is C15H12F3NO5S. The van der Waals surface area contributed by atoms with Crippen LogP contribution < -0.4 is 9.46 Å². The molecule has 25 heavy (non-hydrogen) atoms. The van der Waals surface area contributed by atoms with Crippen molar-refractivity contribution in [1.29, 1.82) is 0 Å². The van der Waals surface area contributed by atoms with Gasteiger partial charge in [-0.1, -0.05) is 18.2 Å². The van der Waals surface area contributed by atoms with E-state index in [1.807, 2.05) is 0 Å². The summed E-state index contributed by atoms with van der Waals surface area (Å²) in [5, 5.41) is 0. The summed E-state index contributed by atoms with van der Waals surface area (Å²) >= 11 is 0. The van der Waals surface area contributed by atoms with E-state index in [4.69, 9.17) is 0 Å². The zero-order chi connectivity index (χ0) is 18.7. The Kier molecular flexibility index (Phi) is 5.21. The number of halogens is 3. The Morgan fingerprint density at radius 3 is 2.40 bits per heavy atom. The predicted octanol–water partition coefficient (Wildman–Crippen LogP) is 3.17. The van der Waals surface area contributed by atoms with Crippen LogP contribution in [0.5, 0.6) is 5.75 Å². The van der Waals surface area contributed by atoms with Gasteiger partial charge in [0, 0.05) is 6.07 Å².